The lowest BCUT2D eigenvalue weighted by Crippen LogP contribution is -2.43. The smallest absolute Gasteiger partial charge is 0.223 e. The van der Waals surface area contributed by atoms with Gasteiger partial charge in [0.25, 0.3) is 0 Å². The second-order valence-corrected chi connectivity index (χ2v) is 8.01. The Morgan fingerprint density at radius 2 is 1.61 bits per heavy atom. The topological polar surface area (TPSA) is 40.6 Å². The number of nitrogens with zero attached hydrogens (tertiary/aromatic N) is 2. The molecule has 0 saturated carbocycles. The lowest BCUT2D eigenvalue weighted by Gasteiger charge is -2.30. The second-order valence-electron chi connectivity index (χ2n) is 8.01. The van der Waals surface area contributed by atoms with E-state index in [2.05, 4.69) is 24.3 Å². The molecule has 2 aliphatic rings. The molecule has 2 heterocycles. The van der Waals surface area contributed by atoms with E-state index in [0.29, 0.717) is 31.8 Å². The number of carbonyl (C=O) groups is 2. The molecule has 2 aromatic carbocycles. The van der Waals surface area contributed by atoms with Crippen LogP contribution in [0.2, 0.25) is 0 Å². The van der Waals surface area contributed by atoms with Crippen LogP contribution in [-0.4, -0.2) is 40.7 Å². The maximum Gasteiger partial charge on any atom is 0.223 e. The molecular formula is C24H28N2O2. The molecule has 0 radical (unpaired) electrons. The Kier molecular flexibility index (Phi) is 5.75. The summed E-state index contributed by atoms with van der Waals surface area (Å²) in [6.45, 7) is 2.11. The quantitative estimate of drug-likeness (QED) is 0.799. The standard InChI is InChI=1S/C24H28N2O2/c27-23(15-14-19-8-3-1-4-9-19)25-17-21-12-7-13-24(28)26(22(21)18-25)16-20-10-5-2-6-11-20/h1-6,8-11,21-22H,7,12-18H2/t21-,22+/m1/s1. The van der Waals surface area contributed by atoms with Gasteiger partial charge in [0.15, 0.2) is 0 Å². The molecule has 0 aliphatic carbocycles. The van der Waals surface area contributed by atoms with Crippen molar-refractivity contribution in [2.75, 3.05) is 13.1 Å². The van der Waals surface area contributed by atoms with E-state index in [0.717, 1.165) is 31.4 Å². The monoisotopic (exact) mass is 376 g/mol. The maximum atomic E-state index is 12.8. The highest BCUT2D eigenvalue weighted by Gasteiger charge is 2.41. The molecule has 2 aromatic rings. The number of aryl methyl sites for hydroxylation is 1. The van der Waals surface area contributed by atoms with Crippen LogP contribution in [0, 0.1) is 5.92 Å². The lowest BCUT2D eigenvalue weighted by molar-refractivity contribution is -0.135. The minimum Gasteiger partial charge on any atom is -0.340 e. The van der Waals surface area contributed by atoms with E-state index in [1.807, 2.05) is 46.2 Å². The van der Waals surface area contributed by atoms with Crippen molar-refractivity contribution >= 4 is 11.8 Å². The number of carbonyl (C=O) groups excluding carboxylic acids is 2. The van der Waals surface area contributed by atoms with Crippen LogP contribution in [0.15, 0.2) is 60.7 Å². The molecule has 0 unspecified atom stereocenters. The first kappa shape index (κ1) is 18.7. The number of rotatable bonds is 5. The predicted octanol–water partition coefficient (Wildman–Crippen LogP) is 3.66. The van der Waals surface area contributed by atoms with E-state index < -0.39 is 0 Å². The molecule has 2 atom stereocenters. The van der Waals surface area contributed by atoms with Crippen LogP contribution < -0.4 is 0 Å². The van der Waals surface area contributed by atoms with Crippen molar-refractivity contribution < 1.29 is 9.59 Å². The van der Waals surface area contributed by atoms with Gasteiger partial charge in [0.1, 0.15) is 0 Å². The summed E-state index contributed by atoms with van der Waals surface area (Å²) in [7, 11) is 0. The van der Waals surface area contributed by atoms with Crippen LogP contribution >= 0.6 is 0 Å². The summed E-state index contributed by atoms with van der Waals surface area (Å²) in [6.07, 6.45) is 3.90. The first-order chi connectivity index (χ1) is 13.7. The molecule has 2 amide bonds. The third-order valence-corrected chi connectivity index (χ3v) is 6.11. The van der Waals surface area contributed by atoms with Crippen LogP contribution in [0.5, 0.6) is 0 Å². The van der Waals surface area contributed by atoms with E-state index >= 15 is 0 Å². The van der Waals surface area contributed by atoms with Gasteiger partial charge in [-0.05, 0) is 36.3 Å². The second kappa shape index (κ2) is 8.59. The van der Waals surface area contributed by atoms with E-state index in [4.69, 9.17) is 0 Å². The van der Waals surface area contributed by atoms with Gasteiger partial charge in [-0.25, -0.2) is 0 Å². The molecule has 2 fully saturated rings. The number of fused-ring (bicyclic) bond motifs is 1. The predicted molar refractivity (Wildman–Crippen MR) is 109 cm³/mol. The Bertz CT molecular complexity index is 806. The summed E-state index contributed by atoms with van der Waals surface area (Å²) in [4.78, 5) is 29.6. The molecule has 4 heteroatoms. The molecule has 0 spiro atoms. The molecule has 2 saturated heterocycles. The highest BCUT2D eigenvalue weighted by atomic mass is 16.2. The molecule has 0 N–H and O–H groups in total. The van der Waals surface area contributed by atoms with E-state index in [9.17, 15) is 9.59 Å². The van der Waals surface area contributed by atoms with Gasteiger partial charge in [-0.1, -0.05) is 60.7 Å². The van der Waals surface area contributed by atoms with Gasteiger partial charge < -0.3 is 9.80 Å². The van der Waals surface area contributed by atoms with Crippen molar-refractivity contribution in [1.29, 1.82) is 0 Å². The summed E-state index contributed by atoms with van der Waals surface area (Å²) in [5.41, 5.74) is 2.36. The van der Waals surface area contributed by atoms with E-state index in [1.165, 1.54) is 5.56 Å². The van der Waals surface area contributed by atoms with E-state index in [-0.39, 0.29) is 17.9 Å². The molecule has 28 heavy (non-hydrogen) atoms. The molecule has 4 rings (SSSR count). The third-order valence-electron chi connectivity index (χ3n) is 6.11. The Hall–Kier alpha value is -2.62. The van der Waals surface area contributed by atoms with Gasteiger partial charge in [-0.2, -0.15) is 0 Å². The average molecular weight is 377 g/mol. The maximum absolute atomic E-state index is 12.8. The number of hydrogen-bond acceptors (Lipinski definition) is 2. The fourth-order valence-electron chi connectivity index (χ4n) is 4.58. The molecule has 146 valence electrons. The number of benzene rings is 2. The van der Waals surface area contributed by atoms with Gasteiger partial charge in [-0.15, -0.1) is 0 Å². The Morgan fingerprint density at radius 3 is 2.32 bits per heavy atom. The van der Waals surface area contributed by atoms with Crippen molar-refractivity contribution in [3.05, 3.63) is 71.8 Å². The summed E-state index contributed by atoms with van der Waals surface area (Å²) in [5, 5.41) is 0. The molecule has 2 aliphatic heterocycles. The molecule has 0 bridgehead atoms. The summed E-state index contributed by atoms with van der Waals surface area (Å²) in [5.74, 6) is 0.842. The Morgan fingerprint density at radius 1 is 0.929 bits per heavy atom. The zero-order valence-electron chi connectivity index (χ0n) is 16.3. The summed E-state index contributed by atoms with van der Waals surface area (Å²) >= 11 is 0. The zero-order chi connectivity index (χ0) is 19.3. The highest BCUT2D eigenvalue weighted by Crippen LogP contribution is 2.32. The largest absolute Gasteiger partial charge is 0.340 e. The zero-order valence-corrected chi connectivity index (χ0v) is 16.3. The van der Waals surface area contributed by atoms with Crippen LogP contribution in [0.25, 0.3) is 0 Å². The first-order valence-electron chi connectivity index (χ1n) is 10.4. The minimum atomic E-state index is 0.149. The van der Waals surface area contributed by atoms with Gasteiger partial charge in [0.05, 0.1) is 6.04 Å². The van der Waals surface area contributed by atoms with Gasteiger partial charge in [0, 0.05) is 32.5 Å². The third kappa shape index (κ3) is 4.27. The number of amides is 2. The fourth-order valence-corrected chi connectivity index (χ4v) is 4.58. The van der Waals surface area contributed by atoms with Crippen molar-refractivity contribution in [3.63, 3.8) is 0 Å². The first-order valence-corrected chi connectivity index (χ1v) is 10.4. The highest BCUT2D eigenvalue weighted by molar-refractivity contribution is 5.79. The van der Waals surface area contributed by atoms with Crippen LogP contribution in [-0.2, 0) is 22.6 Å². The molecular weight excluding hydrogens is 348 g/mol. The number of likely N-dealkylation sites (tertiary alicyclic amines) is 2. The summed E-state index contributed by atoms with van der Waals surface area (Å²) < 4.78 is 0. The van der Waals surface area contributed by atoms with Crippen LogP contribution in [0.4, 0.5) is 0 Å². The fraction of sp³-hybridized carbons (Fsp3) is 0.417. The Labute approximate surface area is 167 Å². The van der Waals surface area contributed by atoms with E-state index in [1.54, 1.807) is 0 Å². The number of hydrogen-bond donors (Lipinski definition) is 0. The van der Waals surface area contributed by atoms with Crippen LogP contribution in [0.3, 0.4) is 0 Å². The van der Waals surface area contributed by atoms with Gasteiger partial charge in [0.2, 0.25) is 11.8 Å². The van der Waals surface area contributed by atoms with Crippen molar-refractivity contribution in [2.24, 2.45) is 5.92 Å². The molecule has 4 nitrogen and oxygen atoms in total. The van der Waals surface area contributed by atoms with Gasteiger partial charge >= 0.3 is 0 Å². The Balaban J connectivity index is 1.42. The average Bonchev–Trinajstić information content (AvgIpc) is 3.09. The van der Waals surface area contributed by atoms with Gasteiger partial charge in [-0.3, -0.25) is 9.59 Å². The van der Waals surface area contributed by atoms with Crippen molar-refractivity contribution in [1.82, 2.24) is 9.80 Å². The van der Waals surface area contributed by atoms with Crippen LogP contribution in [0.1, 0.15) is 36.8 Å². The summed E-state index contributed by atoms with van der Waals surface area (Å²) in [6, 6.07) is 20.5. The normalized spacial score (nSPS) is 22.1. The van der Waals surface area contributed by atoms with Crippen molar-refractivity contribution in [3.8, 4) is 0 Å². The minimum absolute atomic E-state index is 0.149. The molecule has 0 aromatic heterocycles. The van der Waals surface area contributed by atoms with Crippen molar-refractivity contribution in [2.45, 2.75) is 44.7 Å². The SMILES string of the molecule is O=C(CCc1ccccc1)N1C[C@H]2CCCC(=O)N(Cc3ccccc3)[C@H]2C1. The lowest BCUT2D eigenvalue weighted by atomic mass is 9.98.